The Balaban J connectivity index is 2.12. The normalized spacial score (nSPS) is 52.3. The first-order valence-corrected chi connectivity index (χ1v) is 8.71. The van der Waals surface area contributed by atoms with Crippen molar-refractivity contribution >= 4 is 17.1 Å². The third-order valence-electron chi connectivity index (χ3n) is 5.82. The van der Waals surface area contributed by atoms with E-state index >= 15 is 0 Å². The SMILES string of the molecule is CC(C)(O)[C@H]1[C@H]2OS(=O)O[C@@]3(C)CCC(=O)[C@](C)(C[C@@H]1O)[C@@H]23. The number of hydrogen-bond donors (Lipinski definition) is 2. The molecule has 2 aliphatic carbocycles. The van der Waals surface area contributed by atoms with Crippen LogP contribution in [0, 0.1) is 17.3 Å². The summed E-state index contributed by atoms with van der Waals surface area (Å²) < 4.78 is 23.1. The van der Waals surface area contributed by atoms with Crippen LogP contribution in [0.1, 0.15) is 47.0 Å². The standard InChI is InChI=1S/C15H24O6S/c1-13(2,18)10-8(16)7-14(3)9(17)5-6-15(4)12(14)11(10)20-22(19)21-15/h8,10-12,16,18H,5-7H2,1-4H3/t8-,10+,11+,12+,14-,15-,22?/m0/s1. The van der Waals surface area contributed by atoms with Gasteiger partial charge in [-0.2, -0.15) is 4.21 Å². The molecule has 7 heteroatoms. The molecule has 0 radical (unpaired) electrons. The van der Waals surface area contributed by atoms with Crippen molar-refractivity contribution < 1.29 is 27.6 Å². The van der Waals surface area contributed by atoms with E-state index in [9.17, 15) is 19.2 Å². The average molecular weight is 332 g/mol. The lowest BCUT2D eigenvalue weighted by molar-refractivity contribution is -0.230. The van der Waals surface area contributed by atoms with Gasteiger partial charge < -0.3 is 10.2 Å². The zero-order valence-corrected chi connectivity index (χ0v) is 14.2. The van der Waals surface area contributed by atoms with Crippen LogP contribution in [-0.4, -0.2) is 43.6 Å². The van der Waals surface area contributed by atoms with Gasteiger partial charge in [0.15, 0.2) is 0 Å². The van der Waals surface area contributed by atoms with Crippen LogP contribution in [0.5, 0.6) is 0 Å². The summed E-state index contributed by atoms with van der Waals surface area (Å²) in [5.74, 6) is -0.879. The lowest BCUT2D eigenvalue weighted by atomic mass is 9.50. The lowest BCUT2D eigenvalue weighted by Crippen LogP contribution is -2.70. The Kier molecular flexibility index (Phi) is 3.63. The number of aliphatic hydroxyl groups is 2. The molecule has 1 unspecified atom stereocenters. The van der Waals surface area contributed by atoms with E-state index in [1.165, 1.54) is 0 Å². The van der Waals surface area contributed by atoms with E-state index < -0.39 is 46.1 Å². The Morgan fingerprint density at radius 1 is 1.36 bits per heavy atom. The minimum atomic E-state index is -1.94. The molecule has 3 aliphatic rings. The first-order valence-electron chi connectivity index (χ1n) is 7.71. The molecule has 0 aromatic carbocycles. The van der Waals surface area contributed by atoms with E-state index in [2.05, 4.69) is 0 Å². The summed E-state index contributed by atoms with van der Waals surface area (Å²) in [7, 11) is 0. The number of Topliss-reactive ketones (excluding diaryl/α,β-unsaturated/α-hetero) is 1. The van der Waals surface area contributed by atoms with E-state index in [4.69, 9.17) is 8.37 Å². The molecule has 6 nitrogen and oxygen atoms in total. The van der Waals surface area contributed by atoms with Gasteiger partial charge in [0, 0.05) is 23.7 Å². The maximum atomic E-state index is 12.5. The van der Waals surface area contributed by atoms with Crippen molar-refractivity contribution in [2.75, 3.05) is 0 Å². The molecule has 2 N–H and O–H groups in total. The molecule has 22 heavy (non-hydrogen) atoms. The van der Waals surface area contributed by atoms with Gasteiger partial charge in [-0.25, -0.2) is 0 Å². The fourth-order valence-electron chi connectivity index (χ4n) is 4.94. The third-order valence-corrected chi connectivity index (χ3v) is 6.72. The number of hydrogen-bond acceptors (Lipinski definition) is 6. The molecule has 0 bridgehead atoms. The predicted molar refractivity (Wildman–Crippen MR) is 78.8 cm³/mol. The van der Waals surface area contributed by atoms with Gasteiger partial charge in [-0.15, -0.1) is 0 Å². The first-order chi connectivity index (χ1) is 9.99. The Bertz CT molecular complexity index is 529. The summed E-state index contributed by atoms with van der Waals surface area (Å²) in [5.41, 5.74) is -2.75. The monoisotopic (exact) mass is 332 g/mol. The van der Waals surface area contributed by atoms with Gasteiger partial charge in [-0.1, -0.05) is 6.92 Å². The minimum Gasteiger partial charge on any atom is -0.393 e. The van der Waals surface area contributed by atoms with E-state index in [0.29, 0.717) is 12.8 Å². The van der Waals surface area contributed by atoms with Gasteiger partial charge in [0.05, 0.1) is 23.4 Å². The second kappa shape index (κ2) is 4.83. The van der Waals surface area contributed by atoms with Crippen LogP contribution in [0.4, 0.5) is 0 Å². The Labute approximate surface area is 133 Å². The number of carbonyl (C=O) groups excluding carboxylic acids is 1. The number of rotatable bonds is 1. The molecule has 1 saturated heterocycles. The maximum absolute atomic E-state index is 12.5. The third kappa shape index (κ3) is 2.21. The largest absolute Gasteiger partial charge is 0.393 e. The molecule has 0 spiro atoms. The second-order valence-electron chi connectivity index (χ2n) is 7.93. The van der Waals surface area contributed by atoms with Gasteiger partial charge in [0.25, 0.3) is 0 Å². The van der Waals surface area contributed by atoms with Crippen molar-refractivity contribution in [2.45, 2.75) is 70.4 Å². The van der Waals surface area contributed by atoms with E-state index in [0.717, 1.165) is 0 Å². The Morgan fingerprint density at radius 3 is 2.59 bits per heavy atom. The summed E-state index contributed by atoms with van der Waals surface area (Å²) in [6.45, 7) is 6.89. The van der Waals surface area contributed by atoms with Gasteiger partial charge in [0.2, 0.25) is 0 Å². The van der Waals surface area contributed by atoms with E-state index in [1.54, 1.807) is 13.8 Å². The molecule has 0 aromatic heterocycles. The van der Waals surface area contributed by atoms with Crippen molar-refractivity contribution in [2.24, 2.45) is 17.3 Å². The Hall–Kier alpha value is -0.340. The number of aliphatic hydroxyl groups excluding tert-OH is 1. The molecule has 3 fully saturated rings. The van der Waals surface area contributed by atoms with Crippen LogP contribution < -0.4 is 0 Å². The van der Waals surface area contributed by atoms with Crippen LogP contribution in [0.3, 0.4) is 0 Å². The molecule has 3 rings (SSSR count). The van der Waals surface area contributed by atoms with Crippen molar-refractivity contribution in [1.82, 2.24) is 0 Å². The summed E-state index contributed by atoms with van der Waals surface area (Å²) in [6.07, 6.45) is -0.499. The molecule has 1 heterocycles. The van der Waals surface area contributed by atoms with Gasteiger partial charge >= 0.3 is 11.4 Å². The number of carbonyl (C=O) groups is 1. The predicted octanol–water partition coefficient (Wildman–Crippen LogP) is 0.876. The summed E-state index contributed by atoms with van der Waals surface area (Å²) in [5, 5.41) is 21.0. The minimum absolute atomic E-state index is 0.0769. The van der Waals surface area contributed by atoms with Crippen LogP contribution in [-0.2, 0) is 24.5 Å². The molecule has 0 amide bonds. The quantitative estimate of drug-likeness (QED) is 0.740. The maximum Gasteiger partial charge on any atom is 0.305 e. The summed E-state index contributed by atoms with van der Waals surface area (Å²) in [4.78, 5) is 12.5. The number of ketones is 1. The molecule has 1 aliphatic heterocycles. The van der Waals surface area contributed by atoms with Crippen LogP contribution in [0.25, 0.3) is 0 Å². The summed E-state index contributed by atoms with van der Waals surface area (Å²) >= 11 is -1.94. The van der Waals surface area contributed by atoms with Crippen molar-refractivity contribution in [3.8, 4) is 0 Å². The van der Waals surface area contributed by atoms with E-state index in [-0.39, 0.29) is 18.1 Å². The van der Waals surface area contributed by atoms with Crippen LogP contribution >= 0.6 is 0 Å². The summed E-state index contributed by atoms with van der Waals surface area (Å²) in [6, 6.07) is 0. The molecule has 2 saturated carbocycles. The van der Waals surface area contributed by atoms with Crippen molar-refractivity contribution in [3.63, 3.8) is 0 Å². The highest BCUT2D eigenvalue weighted by Gasteiger charge is 2.67. The highest BCUT2D eigenvalue weighted by Crippen LogP contribution is 2.59. The smallest absolute Gasteiger partial charge is 0.305 e. The highest BCUT2D eigenvalue weighted by atomic mass is 32.2. The molecular formula is C15H24O6S. The molecular weight excluding hydrogens is 308 g/mol. The molecule has 126 valence electrons. The van der Waals surface area contributed by atoms with Crippen LogP contribution in [0.15, 0.2) is 0 Å². The fraction of sp³-hybridized carbons (Fsp3) is 0.933. The molecule has 0 aromatic rings. The van der Waals surface area contributed by atoms with Crippen LogP contribution in [0.2, 0.25) is 0 Å². The fourth-order valence-corrected chi connectivity index (χ4v) is 5.89. The van der Waals surface area contributed by atoms with Gasteiger partial charge in [-0.05, 0) is 33.6 Å². The lowest BCUT2D eigenvalue weighted by Gasteiger charge is -2.61. The van der Waals surface area contributed by atoms with Crippen molar-refractivity contribution in [3.05, 3.63) is 0 Å². The van der Waals surface area contributed by atoms with E-state index in [1.807, 2.05) is 13.8 Å². The van der Waals surface area contributed by atoms with Gasteiger partial charge in [0.1, 0.15) is 5.78 Å². The Morgan fingerprint density at radius 2 is 2.00 bits per heavy atom. The zero-order chi connectivity index (χ0) is 16.5. The molecule has 7 atom stereocenters. The topological polar surface area (TPSA) is 93.1 Å². The second-order valence-corrected chi connectivity index (χ2v) is 8.70. The zero-order valence-electron chi connectivity index (χ0n) is 13.4. The van der Waals surface area contributed by atoms with Gasteiger partial charge in [-0.3, -0.25) is 13.2 Å². The highest BCUT2D eigenvalue weighted by molar-refractivity contribution is 7.75. The van der Waals surface area contributed by atoms with Crippen molar-refractivity contribution in [1.29, 1.82) is 0 Å². The average Bonchev–Trinajstić information content (AvgIpc) is 2.31. The first kappa shape index (κ1) is 16.5.